The number of nitrogens with zero attached hydrogens (tertiary/aromatic N) is 4. The lowest BCUT2D eigenvalue weighted by molar-refractivity contribution is 0.355. The average molecular weight is 425 g/mol. The van der Waals surface area contributed by atoms with Gasteiger partial charge in [-0.3, -0.25) is 4.98 Å². The van der Waals surface area contributed by atoms with Crippen molar-refractivity contribution in [3.63, 3.8) is 0 Å². The summed E-state index contributed by atoms with van der Waals surface area (Å²) >= 11 is 0. The molecule has 0 radical (unpaired) electrons. The Hall–Kier alpha value is -4.26. The number of anilines is 1. The second-order valence-electron chi connectivity index (χ2n) is 7.05. The number of ether oxygens (including phenoxy) is 2. The molecule has 7 heteroatoms. The molecular formula is C25H23N5O2. The van der Waals surface area contributed by atoms with Crippen LogP contribution in [0.4, 0.5) is 5.95 Å². The molecule has 0 spiro atoms. The van der Waals surface area contributed by atoms with Gasteiger partial charge in [-0.25, -0.2) is 15.4 Å². The van der Waals surface area contributed by atoms with Gasteiger partial charge < -0.3 is 9.47 Å². The van der Waals surface area contributed by atoms with Crippen molar-refractivity contribution in [2.24, 2.45) is 5.10 Å². The predicted octanol–water partition coefficient (Wildman–Crippen LogP) is 4.98. The van der Waals surface area contributed by atoms with Gasteiger partial charge in [0.15, 0.2) is 11.5 Å². The molecule has 1 N–H and O–H groups in total. The van der Waals surface area contributed by atoms with E-state index < -0.39 is 0 Å². The topological polar surface area (TPSA) is 81.5 Å². The molecule has 0 amide bonds. The molecule has 0 aliphatic carbocycles. The SMILES string of the molecule is COc1ccc(-c2cc(-c3ccc(C)cc3)nc(N/N=C\c3cccnc3)n2)cc1OC. The Morgan fingerprint density at radius 2 is 1.56 bits per heavy atom. The molecule has 4 aromatic rings. The molecule has 2 aromatic heterocycles. The molecule has 0 bridgehead atoms. The van der Waals surface area contributed by atoms with Crippen LogP contribution in [0.25, 0.3) is 22.5 Å². The summed E-state index contributed by atoms with van der Waals surface area (Å²) < 4.78 is 10.8. The van der Waals surface area contributed by atoms with E-state index in [2.05, 4.69) is 44.5 Å². The number of hydrogen-bond donors (Lipinski definition) is 1. The van der Waals surface area contributed by atoms with E-state index in [0.29, 0.717) is 17.4 Å². The lowest BCUT2D eigenvalue weighted by Gasteiger charge is -2.11. The van der Waals surface area contributed by atoms with Crippen LogP contribution in [0.5, 0.6) is 11.5 Å². The number of nitrogens with one attached hydrogen (secondary N) is 1. The maximum absolute atomic E-state index is 5.46. The van der Waals surface area contributed by atoms with E-state index in [1.165, 1.54) is 5.56 Å². The summed E-state index contributed by atoms with van der Waals surface area (Å²) in [5, 5.41) is 4.27. The first-order chi connectivity index (χ1) is 15.7. The van der Waals surface area contributed by atoms with Gasteiger partial charge in [0.2, 0.25) is 5.95 Å². The fraction of sp³-hybridized carbons (Fsp3) is 0.120. The Morgan fingerprint density at radius 3 is 2.25 bits per heavy atom. The minimum Gasteiger partial charge on any atom is -0.493 e. The molecular weight excluding hydrogens is 402 g/mol. The maximum atomic E-state index is 5.46. The van der Waals surface area contributed by atoms with Gasteiger partial charge in [-0.15, -0.1) is 0 Å². The summed E-state index contributed by atoms with van der Waals surface area (Å²) in [5.41, 5.74) is 8.36. The van der Waals surface area contributed by atoms with Crippen LogP contribution < -0.4 is 14.9 Å². The highest BCUT2D eigenvalue weighted by molar-refractivity contribution is 5.79. The van der Waals surface area contributed by atoms with Gasteiger partial charge >= 0.3 is 0 Å². The first-order valence-corrected chi connectivity index (χ1v) is 10.0. The third kappa shape index (κ3) is 4.89. The highest BCUT2D eigenvalue weighted by Gasteiger charge is 2.11. The number of benzene rings is 2. The summed E-state index contributed by atoms with van der Waals surface area (Å²) in [5.74, 6) is 1.67. The molecule has 0 aliphatic heterocycles. The van der Waals surface area contributed by atoms with Gasteiger partial charge in [0.05, 0.1) is 31.8 Å². The van der Waals surface area contributed by atoms with Crippen LogP contribution in [-0.2, 0) is 0 Å². The molecule has 32 heavy (non-hydrogen) atoms. The molecule has 0 fully saturated rings. The maximum Gasteiger partial charge on any atom is 0.244 e. The van der Waals surface area contributed by atoms with Crippen molar-refractivity contribution in [1.82, 2.24) is 15.0 Å². The molecule has 0 saturated heterocycles. The van der Waals surface area contributed by atoms with Crippen LogP contribution in [0.1, 0.15) is 11.1 Å². The molecule has 2 heterocycles. The van der Waals surface area contributed by atoms with E-state index in [4.69, 9.17) is 9.47 Å². The third-order valence-corrected chi connectivity index (χ3v) is 4.82. The Morgan fingerprint density at radius 1 is 0.844 bits per heavy atom. The normalized spacial score (nSPS) is 10.8. The second-order valence-corrected chi connectivity index (χ2v) is 7.05. The number of methoxy groups -OCH3 is 2. The van der Waals surface area contributed by atoms with Gasteiger partial charge in [-0.2, -0.15) is 5.10 Å². The molecule has 0 saturated carbocycles. The summed E-state index contributed by atoms with van der Waals surface area (Å²) in [6, 6.07) is 19.6. The smallest absolute Gasteiger partial charge is 0.244 e. The van der Waals surface area contributed by atoms with Crippen molar-refractivity contribution in [3.05, 3.63) is 84.2 Å². The first kappa shape index (κ1) is 21.0. The van der Waals surface area contributed by atoms with E-state index in [9.17, 15) is 0 Å². The number of hydrazone groups is 1. The fourth-order valence-corrected chi connectivity index (χ4v) is 3.13. The molecule has 0 aliphatic rings. The third-order valence-electron chi connectivity index (χ3n) is 4.82. The highest BCUT2D eigenvalue weighted by Crippen LogP contribution is 2.33. The van der Waals surface area contributed by atoms with Crippen LogP contribution in [0.2, 0.25) is 0 Å². The summed E-state index contributed by atoms with van der Waals surface area (Å²) in [6.45, 7) is 2.05. The summed E-state index contributed by atoms with van der Waals surface area (Å²) in [6.07, 6.45) is 5.11. The van der Waals surface area contributed by atoms with Gasteiger partial charge in [0.1, 0.15) is 0 Å². The lowest BCUT2D eigenvalue weighted by Crippen LogP contribution is -2.01. The molecule has 4 rings (SSSR count). The van der Waals surface area contributed by atoms with Gasteiger partial charge in [-0.05, 0) is 37.3 Å². The monoisotopic (exact) mass is 425 g/mol. The van der Waals surface area contributed by atoms with Crippen molar-refractivity contribution >= 4 is 12.2 Å². The minimum absolute atomic E-state index is 0.382. The molecule has 2 aromatic carbocycles. The Labute approximate surface area is 186 Å². The standard InChI is InChI=1S/C25H23N5O2/c1-17-6-8-19(9-7-17)21-14-22(20-10-11-23(31-2)24(13-20)32-3)29-25(28-21)30-27-16-18-5-4-12-26-15-18/h4-16H,1-3H3,(H,28,29,30)/b27-16-. The van der Waals surface area contributed by atoms with Crippen LogP contribution in [0, 0.1) is 6.92 Å². The van der Waals surface area contributed by atoms with Crippen molar-refractivity contribution < 1.29 is 9.47 Å². The zero-order chi connectivity index (χ0) is 22.3. The number of pyridine rings is 1. The van der Waals surface area contributed by atoms with E-state index in [1.807, 2.05) is 48.5 Å². The van der Waals surface area contributed by atoms with Crippen molar-refractivity contribution in [3.8, 4) is 34.0 Å². The van der Waals surface area contributed by atoms with Crippen LogP contribution in [-0.4, -0.2) is 35.4 Å². The number of rotatable bonds is 7. The molecule has 0 unspecified atom stereocenters. The molecule has 7 nitrogen and oxygen atoms in total. The van der Waals surface area contributed by atoms with Gasteiger partial charge in [0, 0.05) is 29.1 Å². The lowest BCUT2D eigenvalue weighted by atomic mass is 10.1. The Kier molecular flexibility index (Phi) is 6.36. The second kappa shape index (κ2) is 9.70. The van der Waals surface area contributed by atoms with Crippen LogP contribution in [0.3, 0.4) is 0 Å². The van der Waals surface area contributed by atoms with Crippen molar-refractivity contribution in [1.29, 1.82) is 0 Å². The van der Waals surface area contributed by atoms with E-state index in [-0.39, 0.29) is 0 Å². The van der Waals surface area contributed by atoms with Crippen molar-refractivity contribution in [2.75, 3.05) is 19.6 Å². The Balaban J connectivity index is 1.73. The van der Waals surface area contributed by atoms with E-state index >= 15 is 0 Å². The highest BCUT2D eigenvalue weighted by atomic mass is 16.5. The zero-order valence-electron chi connectivity index (χ0n) is 18.1. The molecule has 160 valence electrons. The molecule has 0 atom stereocenters. The van der Waals surface area contributed by atoms with Gasteiger partial charge in [-0.1, -0.05) is 35.9 Å². The number of aromatic nitrogens is 3. The van der Waals surface area contributed by atoms with E-state index in [1.54, 1.807) is 32.8 Å². The van der Waals surface area contributed by atoms with E-state index in [0.717, 1.165) is 28.1 Å². The number of aryl methyl sites for hydroxylation is 1. The largest absolute Gasteiger partial charge is 0.493 e. The quantitative estimate of drug-likeness (QED) is 0.332. The summed E-state index contributed by atoms with van der Waals surface area (Å²) in [4.78, 5) is 13.4. The predicted molar refractivity (Wildman–Crippen MR) is 126 cm³/mol. The Bertz CT molecular complexity index is 1230. The summed E-state index contributed by atoms with van der Waals surface area (Å²) in [7, 11) is 3.22. The average Bonchev–Trinajstić information content (AvgIpc) is 2.84. The first-order valence-electron chi connectivity index (χ1n) is 10.0. The van der Waals surface area contributed by atoms with Crippen LogP contribution >= 0.6 is 0 Å². The van der Waals surface area contributed by atoms with Crippen LogP contribution in [0.15, 0.2) is 78.2 Å². The fourth-order valence-electron chi connectivity index (χ4n) is 3.13. The number of hydrogen-bond acceptors (Lipinski definition) is 7. The zero-order valence-corrected chi connectivity index (χ0v) is 18.1. The minimum atomic E-state index is 0.382. The van der Waals surface area contributed by atoms with Gasteiger partial charge in [0.25, 0.3) is 0 Å². The van der Waals surface area contributed by atoms with Crippen molar-refractivity contribution in [2.45, 2.75) is 6.92 Å².